The zero-order valence-corrected chi connectivity index (χ0v) is 34.4. The van der Waals surface area contributed by atoms with E-state index in [4.69, 9.17) is 28.4 Å². The van der Waals surface area contributed by atoms with Crippen molar-refractivity contribution in [3.8, 4) is 0 Å². The van der Waals surface area contributed by atoms with Crippen molar-refractivity contribution >= 4 is 30.2 Å². The molecule has 14 nitrogen and oxygen atoms in total. The number of esters is 4. The summed E-state index contributed by atoms with van der Waals surface area (Å²) in [5.74, 6) is -1.26. The normalized spacial score (nSPS) is 30.1. The van der Waals surface area contributed by atoms with Crippen LogP contribution in [0.25, 0.3) is 0 Å². The van der Waals surface area contributed by atoms with Crippen LogP contribution < -0.4 is 0 Å². The lowest BCUT2D eigenvalue weighted by Gasteiger charge is -2.29. The maximum absolute atomic E-state index is 11.8. The van der Waals surface area contributed by atoms with E-state index in [1.165, 1.54) is 28.1 Å². The molecule has 0 radical (unpaired) electrons. The van der Waals surface area contributed by atoms with Crippen LogP contribution in [0.3, 0.4) is 0 Å². The highest BCUT2D eigenvalue weighted by Gasteiger charge is 2.47. The molecule has 0 bridgehead atoms. The number of hydrogen-bond donors (Lipinski definition) is 1. The summed E-state index contributed by atoms with van der Waals surface area (Å²) in [6, 6.07) is 0. The molecule has 2 saturated carbocycles. The quantitative estimate of drug-likeness (QED) is 0.0570. The number of rotatable bonds is 22. The van der Waals surface area contributed by atoms with E-state index in [0.717, 1.165) is 109 Å². The number of carbonyl (C=O) groups excluding carboxylic acids is 5. The van der Waals surface area contributed by atoms with Crippen LogP contribution in [0.4, 0.5) is 0 Å². The predicted octanol–water partition coefficient (Wildman–Crippen LogP) is 6.15. The fourth-order valence-electron chi connectivity index (χ4n) is 8.67. The number of carbonyl (C=O) groups is 5. The van der Waals surface area contributed by atoms with Gasteiger partial charge in [-0.3, -0.25) is 19.2 Å². The first-order valence-electron chi connectivity index (χ1n) is 21.2. The van der Waals surface area contributed by atoms with Crippen LogP contribution in [0.1, 0.15) is 142 Å². The molecule has 0 aromatic rings. The van der Waals surface area contributed by atoms with Gasteiger partial charge in [-0.05, 0) is 64.2 Å². The summed E-state index contributed by atoms with van der Waals surface area (Å²) in [4.78, 5) is 57.2. The molecule has 0 spiro atoms. The van der Waals surface area contributed by atoms with Crippen LogP contribution >= 0.6 is 0 Å². The Labute approximate surface area is 333 Å². The molecule has 0 aromatic heterocycles. The van der Waals surface area contributed by atoms with Gasteiger partial charge in [0, 0.05) is 83.0 Å². The van der Waals surface area contributed by atoms with Crippen LogP contribution in [0.15, 0.2) is 0 Å². The second-order valence-corrected chi connectivity index (χ2v) is 15.7. The van der Waals surface area contributed by atoms with Crippen LogP contribution in [-0.4, -0.2) is 106 Å². The Balaban J connectivity index is 0.000000300. The molecule has 4 aliphatic rings. The van der Waals surface area contributed by atoms with E-state index in [0.29, 0.717) is 38.9 Å². The Morgan fingerprint density at radius 3 is 1.52 bits per heavy atom. The first kappa shape index (κ1) is 47.7. The zero-order chi connectivity index (χ0) is 40.7. The zero-order valence-electron chi connectivity index (χ0n) is 34.4. The van der Waals surface area contributed by atoms with E-state index in [9.17, 15) is 29.1 Å². The molecule has 2 aliphatic heterocycles. The van der Waals surface area contributed by atoms with Crippen molar-refractivity contribution in [2.75, 3.05) is 34.0 Å². The highest BCUT2D eigenvalue weighted by Crippen LogP contribution is 2.41. The SMILES string of the molecule is COC(=O)CCCCCCC1C(C=O)[C@H](OC2CCCCO2)C[C@@H]1OC(C)=O.COC(=O)CCCCCCC1[C@@H](OC(C)=O)C[C@@H](OC2CCCCO2)[C@@H]1CO. The van der Waals surface area contributed by atoms with Gasteiger partial charge in [-0.15, -0.1) is 0 Å². The molecular weight excluding hydrogens is 728 g/mol. The van der Waals surface area contributed by atoms with Crippen LogP contribution in [0.2, 0.25) is 0 Å². The summed E-state index contributed by atoms with van der Waals surface area (Å²) in [6.07, 6.45) is 16.5. The number of aliphatic hydroxyl groups excluding tert-OH is 1. The standard InChI is InChI=1S/C21H36O7.C21H34O7/c2*1-15(23)27-18-13-19(28-21-11-7-8-12-26-21)17(14-22)16(18)9-5-3-4-6-10-20(24)25-2/h16-19,21-22H,3-14H2,1-2H3;14,16-19,21H,3-13H2,1-2H3/t16?,17-,18+,19-,21?;16?,17?,18-,19+,21?/m10/s1. The van der Waals surface area contributed by atoms with Gasteiger partial charge in [-0.25, -0.2) is 0 Å². The number of aliphatic hydroxyl groups is 1. The molecule has 4 rings (SSSR count). The van der Waals surface area contributed by atoms with E-state index in [1.807, 2.05) is 0 Å². The van der Waals surface area contributed by atoms with Crippen molar-refractivity contribution in [2.45, 2.75) is 179 Å². The predicted molar refractivity (Wildman–Crippen MR) is 204 cm³/mol. The molecule has 4 fully saturated rings. The molecule has 2 saturated heterocycles. The summed E-state index contributed by atoms with van der Waals surface area (Å²) in [7, 11) is 2.80. The highest BCUT2D eigenvalue weighted by molar-refractivity contribution is 5.69. The third-order valence-electron chi connectivity index (χ3n) is 11.6. The minimum Gasteiger partial charge on any atom is -0.469 e. The maximum Gasteiger partial charge on any atom is 0.305 e. The maximum atomic E-state index is 11.8. The Kier molecular flexibility index (Phi) is 23.1. The number of hydrogen-bond acceptors (Lipinski definition) is 14. The number of aldehydes is 1. The van der Waals surface area contributed by atoms with Crippen molar-refractivity contribution in [1.29, 1.82) is 0 Å². The van der Waals surface area contributed by atoms with Gasteiger partial charge in [0.05, 0.1) is 26.4 Å². The molecule has 322 valence electrons. The molecule has 0 aromatic carbocycles. The molecule has 10 atom stereocenters. The first-order valence-corrected chi connectivity index (χ1v) is 21.2. The lowest BCUT2D eigenvalue weighted by Crippen LogP contribution is -2.33. The molecule has 0 amide bonds. The summed E-state index contributed by atoms with van der Waals surface area (Å²) < 4.78 is 44.0. The third kappa shape index (κ3) is 17.1. The minimum absolute atomic E-state index is 0.0160. The summed E-state index contributed by atoms with van der Waals surface area (Å²) >= 11 is 0. The van der Waals surface area contributed by atoms with Crippen molar-refractivity contribution < 1.29 is 67.0 Å². The van der Waals surface area contributed by atoms with Crippen molar-refractivity contribution in [3.63, 3.8) is 0 Å². The van der Waals surface area contributed by atoms with Crippen molar-refractivity contribution in [1.82, 2.24) is 0 Å². The third-order valence-corrected chi connectivity index (χ3v) is 11.6. The van der Waals surface area contributed by atoms with Crippen molar-refractivity contribution in [3.05, 3.63) is 0 Å². The topological polar surface area (TPSA) is 179 Å². The number of methoxy groups -OCH3 is 2. The van der Waals surface area contributed by atoms with Crippen LogP contribution in [0.5, 0.6) is 0 Å². The molecule has 5 unspecified atom stereocenters. The lowest BCUT2D eigenvalue weighted by atomic mass is 9.89. The minimum atomic E-state index is -0.327. The second-order valence-electron chi connectivity index (χ2n) is 15.7. The average Bonchev–Trinajstić information content (AvgIpc) is 3.68. The fourth-order valence-corrected chi connectivity index (χ4v) is 8.67. The first-order chi connectivity index (χ1) is 27.1. The largest absolute Gasteiger partial charge is 0.469 e. The Morgan fingerprint density at radius 2 is 1.07 bits per heavy atom. The van der Waals surface area contributed by atoms with E-state index in [2.05, 4.69) is 9.47 Å². The van der Waals surface area contributed by atoms with Crippen LogP contribution in [-0.2, 0) is 61.9 Å². The van der Waals surface area contributed by atoms with Gasteiger partial charge in [0.15, 0.2) is 12.6 Å². The molecular formula is C42H70O14. The smallest absolute Gasteiger partial charge is 0.305 e. The molecule has 2 aliphatic carbocycles. The fraction of sp³-hybridized carbons (Fsp3) is 0.881. The van der Waals surface area contributed by atoms with Gasteiger partial charge >= 0.3 is 23.9 Å². The van der Waals surface area contributed by atoms with Gasteiger partial charge < -0.3 is 47.8 Å². The monoisotopic (exact) mass is 798 g/mol. The van der Waals surface area contributed by atoms with E-state index >= 15 is 0 Å². The molecule has 14 heteroatoms. The summed E-state index contributed by atoms with van der Waals surface area (Å²) in [5, 5.41) is 10.0. The van der Waals surface area contributed by atoms with Gasteiger partial charge in [0.25, 0.3) is 0 Å². The average molecular weight is 799 g/mol. The Hall–Kier alpha value is -2.65. The summed E-state index contributed by atoms with van der Waals surface area (Å²) in [6.45, 7) is 4.24. The highest BCUT2D eigenvalue weighted by atomic mass is 16.7. The van der Waals surface area contributed by atoms with Crippen molar-refractivity contribution in [2.24, 2.45) is 23.7 Å². The summed E-state index contributed by atoms with van der Waals surface area (Å²) in [5.41, 5.74) is 0. The van der Waals surface area contributed by atoms with Gasteiger partial charge in [0.2, 0.25) is 0 Å². The van der Waals surface area contributed by atoms with E-state index < -0.39 is 0 Å². The molecule has 2 heterocycles. The van der Waals surface area contributed by atoms with Gasteiger partial charge in [-0.2, -0.15) is 0 Å². The number of ether oxygens (including phenoxy) is 8. The van der Waals surface area contributed by atoms with E-state index in [1.54, 1.807) is 0 Å². The Bertz CT molecular complexity index is 1150. The lowest BCUT2D eigenvalue weighted by molar-refractivity contribution is -0.198. The van der Waals surface area contributed by atoms with E-state index in [-0.39, 0.29) is 91.2 Å². The Morgan fingerprint density at radius 1 is 0.607 bits per heavy atom. The number of unbranched alkanes of at least 4 members (excludes halogenated alkanes) is 6. The van der Waals surface area contributed by atoms with Gasteiger partial charge in [0.1, 0.15) is 18.5 Å². The molecule has 56 heavy (non-hydrogen) atoms. The second kappa shape index (κ2) is 27.1. The van der Waals surface area contributed by atoms with Gasteiger partial charge in [-0.1, -0.05) is 38.5 Å². The van der Waals surface area contributed by atoms with Crippen LogP contribution in [0, 0.1) is 23.7 Å². The molecule has 1 N–H and O–H groups in total.